The average molecular weight is 689 g/mol. The molecule has 2 N–H and O–H groups in total. The first-order valence-corrected chi connectivity index (χ1v) is 17.6. The Labute approximate surface area is 298 Å². The number of rotatable bonds is 16. The SMILES string of the molecule is CC/C(=C(\c1ccc(O)cc1)c1ccc(OCCOCCOCCCc2ccc3c(c2)CN(C2CCC(=O)NC2=O)C3=O)cc1)c1ccccc1. The number of ether oxygens (including phenoxy) is 3. The normalized spacial score (nSPS) is 16.1. The van der Waals surface area contributed by atoms with Gasteiger partial charge in [-0.15, -0.1) is 0 Å². The van der Waals surface area contributed by atoms with Crippen molar-refractivity contribution in [2.45, 2.75) is 51.6 Å². The summed E-state index contributed by atoms with van der Waals surface area (Å²) in [5.41, 5.74) is 8.30. The van der Waals surface area contributed by atoms with Crippen LogP contribution in [0.4, 0.5) is 0 Å². The summed E-state index contributed by atoms with van der Waals surface area (Å²) >= 11 is 0. The van der Waals surface area contributed by atoms with Gasteiger partial charge in [0, 0.05) is 25.1 Å². The van der Waals surface area contributed by atoms with Gasteiger partial charge in [-0.1, -0.05) is 73.7 Å². The number of benzene rings is 4. The molecule has 2 heterocycles. The van der Waals surface area contributed by atoms with E-state index in [0.717, 1.165) is 52.8 Å². The van der Waals surface area contributed by atoms with Crippen LogP contribution in [-0.2, 0) is 32.0 Å². The Balaban J connectivity index is 0.898. The molecule has 2 aliphatic heterocycles. The van der Waals surface area contributed by atoms with Crippen LogP contribution in [0.5, 0.6) is 11.5 Å². The van der Waals surface area contributed by atoms with E-state index < -0.39 is 11.9 Å². The van der Waals surface area contributed by atoms with Crippen LogP contribution >= 0.6 is 0 Å². The van der Waals surface area contributed by atoms with Gasteiger partial charge in [0.1, 0.15) is 24.1 Å². The molecule has 0 aromatic heterocycles. The third-order valence-corrected chi connectivity index (χ3v) is 9.29. The predicted molar refractivity (Wildman–Crippen MR) is 195 cm³/mol. The number of hydrogen-bond acceptors (Lipinski definition) is 7. The van der Waals surface area contributed by atoms with Crippen LogP contribution in [-0.4, -0.2) is 66.8 Å². The summed E-state index contributed by atoms with van der Waals surface area (Å²) in [6.07, 6.45) is 3.10. The zero-order valence-electron chi connectivity index (χ0n) is 28.9. The summed E-state index contributed by atoms with van der Waals surface area (Å²) in [6, 6.07) is 31.1. The first kappa shape index (κ1) is 35.6. The van der Waals surface area contributed by atoms with Crippen molar-refractivity contribution in [3.05, 3.63) is 130 Å². The van der Waals surface area contributed by atoms with Gasteiger partial charge in [0.25, 0.3) is 5.91 Å². The monoisotopic (exact) mass is 688 g/mol. The van der Waals surface area contributed by atoms with Crippen molar-refractivity contribution in [3.63, 3.8) is 0 Å². The van der Waals surface area contributed by atoms with Crippen molar-refractivity contribution in [3.8, 4) is 11.5 Å². The van der Waals surface area contributed by atoms with Gasteiger partial charge in [-0.25, -0.2) is 0 Å². The van der Waals surface area contributed by atoms with Crippen LogP contribution in [0, 0.1) is 0 Å². The molecule has 1 unspecified atom stereocenters. The van der Waals surface area contributed by atoms with E-state index in [1.165, 1.54) is 11.1 Å². The highest BCUT2D eigenvalue weighted by Crippen LogP contribution is 2.35. The van der Waals surface area contributed by atoms with E-state index in [2.05, 4.69) is 48.6 Å². The fourth-order valence-corrected chi connectivity index (χ4v) is 6.73. The number of carbonyl (C=O) groups excluding carboxylic acids is 3. The van der Waals surface area contributed by atoms with E-state index in [-0.39, 0.29) is 24.0 Å². The highest BCUT2D eigenvalue weighted by molar-refractivity contribution is 6.05. The molecule has 9 nitrogen and oxygen atoms in total. The van der Waals surface area contributed by atoms with E-state index in [1.54, 1.807) is 17.0 Å². The summed E-state index contributed by atoms with van der Waals surface area (Å²) in [6.45, 7) is 4.96. The first-order chi connectivity index (χ1) is 24.9. The van der Waals surface area contributed by atoms with Gasteiger partial charge < -0.3 is 24.2 Å². The van der Waals surface area contributed by atoms with Crippen LogP contribution in [0.3, 0.4) is 0 Å². The summed E-state index contributed by atoms with van der Waals surface area (Å²) in [5.74, 6) is 0.163. The molecule has 1 fully saturated rings. The standard InChI is InChI=1S/C42H44N2O7/c1-2-36(30-8-4-3-5-9-30)40(31-11-15-34(45)16-12-31)32-13-17-35(18-14-32)51-26-25-50-24-23-49-22-6-7-29-10-19-37-33(27-29)28-44(42(37)48)38-20-21-39(46)43-41(38)47/h3-5,8-19,27,38,45H,2,6-7,20-26,28H2,1H3,(H,43,46,47)/b40-36-. The maximum atomic E-state index is 12.9. The number of nitrogens with one attached hydrogen (secondary N) is 1. The summed E-state index contributed by atoms with van der Waals surface area (Å²) < 4.78 is 17.4. The number of imide groups is 1. The number of aryl methyl sites for hydroxylation is 1. The van der Waals surface area contributed by atoms with Crippen molar-refractivity contribution in [1.82, 2.24) is 10.2 Å². The van der Waals surface area contributed by atoms with E-state index in [0.29, 0.717) is 51.6 Å². The molecule has 4 aromatic rings. The van der Waals surface area contributed by atoms with Crippen molar-refractivity contribution < 1.29 is 33.7 Å². The van der Waals surface area contributed by atoms with Crippen LogP contribution in [0.1, 0.15) is 70.8 Å². The second kappa shape index (κ2) is 17.1. The number of allylic oxidation sites excluding steroid dienone is 1. The molecule has 6 rings (SSSR count). The van der Waals surface area contributed by atoms with Crippen molar-refractivity contribution >= 4 is 28.9 Å². The molecule has 9 heteroatoms. The molecule has 2 aliphatic rings. The Morgan fingerprint density at radius 2 is 1.49 bits per heavy atom. The van der Waals surface area contributed by atoms with E-state index in [1.807, 2.05) is 48.5 Å². The smallest absolute Gasteiger partial charge is 0.255 e. The molecule has 1 atom stereocenters. The van der Waals surface area contributed by atoms with E-state index >= 15 is 0 Å². The Hall–Kier alpha value is -5.25. The molecule has 4 aromatic carbocycles. The number of aromatic hydroxyl groups is 1. The van der Waals surface area contributed by atoms with Gasteiger partial charge in [0.15, 0.2) is 0 Å². The van der Waals surface area contributed by atoms with Crippen LogP contribution in [0.25, 0.3) is 11.1 Å². The largest absolute Gasteiger partial charge is 0.508 e. The second-order valence-electron chi connectivity index (χ2n) is 12.7. The minimum absolute atomic E-state index is 0.157. The number of fused-ring (bicyclic) bond motifs is 1. The zero-order chi connectivity index (χ0) is 35.6. The summed E-state index contributed by atoms with van der Waals surface area (Å²) in [7, 11) is 0. The minimum Gasteiger partial charge on any atom is -0.508 e. The lowest BCUT2D eigenvalue weighted by atomic mass is 9.88. The molecular weight excluding hydrogens is 644 g/mol. The third kappa shape index (κ3) is 8.92. The minimum atomic E-state index is -0.603. The Bertz CT molecular complexity index is 1850. The van der Waals surface area contributed by atoms with Gasteiger partial charge in [-0.05, 0) is 95.0 Å². The number of amides is 3. The fraction of sp³-hybridized carbons (Fsp3) is 0.310. The fourth-order valence-electron chi connectivity index (χ4n) is 6.73. The van der Waals surface area contributed by atoms with Crippen LogP contribution < -0.4 is 10.1 Å². The van der Waals surface area contributed by atoms with Crippen LogP contribution in [0.15, 0.2) is 97.1 Å². The van der Waals surface area contributed by atoms with Gasteiger partial charge in [-0.3, -0.25) is 19.7 Å². The van der Waals surface area contributed by atoms with E-state index in [9.17, 15) is 19.5 Å². The Kier molecular flexibility index (Phi) is 11.9. The third-order valence-electron chi connectivity index (χ3n) is 9.29. The average Bonchev–Trinajstić information content (AvgIpc) is 3.47. The van der Waals surface area contributed by atoms with Gasteiger partial charge in [0.2, 0.25) is 11.8 Å². The molecule has 0 saturated carbocycles. The van der Waals surface area contributed by atoms with Gasteiger partial charge in [0.05, 0.1) is 19.8 Å². The molecule has 3 amide bonds. The van der Waals surface area contributed by atoms with E-state index in [4.69, 9.17) is 14.2 Å². The number of piperidine rings is 1. The lowest BCUT2D eigenvalue weighted by Crippen LogP contribution is -2.52. The van der Waals surface area contributed by atoms with Crippen molar-refractivity contribution in [2.24, 2.45) is 0 Å². The number of hydrogen-bond donors (Lipinski definition) is 2. The number of phenols is 1. The number of carbonyl (C=O) groups is 3. The highest BCUT2D eigenvalue weighted by atomic mass is 16.5. The molecular formula is C42H44N2O7. The zero-order valence-corrected chi connectivity index (χ0v) is 28.9. The quantitative estimate of drug-likeness (QED) is 0.0778. The molecule has 0 bridgehead atoms. The molecule has 1 saturated heterocycles. The Morgan fingerprint density at radius 3 is 2.20 bits per heavy atom. The van der Waals surface area contributed by atoms with Crippen molar-refractivity contribution in [2.75, 3.05) is 33.0 Å². The molecule has 264 valence electrons. The second-order valence-corrected chi connectivity index (χ2v) is 12.7. The lowest BCUT2D eigenvalue weighted by Gasteiger charge is -2.29. The molecule has 0 radical (unpaired) electrons. The number of phenolic OH excluding ortho intramolecular Hbond substituents is 1. The number of nitrogens with zero attached hydrogens (tertiary/aromatic N) is 1. The van der Waals surface area contributed by atoms with Gasteiger partial charge in [-0.2, -0.15) is 0 Å². The topological polar surface area (TPSA) is 114 Å². The molecule has 0 aliphatic carbocycles. The maximum absolute atomic E-state index is 12.9. The molecule has 51 heavy (non-hydrogen) atoms. The first-order valence-electron chi connectivity index (χ1n) is 17.6. The maximum Gasteiger partial charge on any atom is 0.255 e. The van der Waals surface area contributed by atoms with Gasteiger partial charge >= 0.3 is 0 Å². The summed E-state index contributed by atoms with van der Waals surface area (Å²) in [5, 5.41) is 12.2. The Morgan fingerprint density at radius 1 is 0.804 bits per heavy atom. The van der Waals surface area contributed by atoms with Crippen molar-refractivity contribution in [1.29, 1.82) is 0 Å². The van der Waals surface area contributed by atoms with Crippen LogP contribution in [0.2, 0.25) is 0 Å². The highest BCUT2D eigenvalue weighted by Gasteiger charge is 2.39. The lowest BCUT2D eigenvalue weighted by molar-refractivity contribution is -0.136. The molecule has 0 spiro atoms. The predicted octanol–water partition coefficient (Wildman–Crippen LogP) is 6.57. The summed E-state index contributed by atoms with van der Waals surface area (Å²) in [4.78, 5) is 38.3.